The highest BCUT2D eigenvalue weighted by molar-refractivity contribution is 5.74. The van der Waals surface area contributed by atoms with E-state index in [0.29, 0.717) is 0 Å². The zero-order valence-corrected chi connectivity index (χ0v) is 8.38. The van der Waals surface area contributed by atoms with Crippen molar-refractivity contribution in [2.45, 2.75) is 26.2 Å². The van der Waals surface area contributed by atoms with Crippen molar-refractivity contribution in [3.05, 3.63) is 41.0 Å². The average Bonchev–Trinajstić information content (AvgIpc) is 2.27. The number of aryl methyl sites for hydroxylation is 1. The monoisotopic (exact) mass is 183 g/mol. The first kappa shape index (κ1) is 9.02. The molecule has 0 N–H and O–H groups in total. The summed E-state index contributed by atoms with van der Waals surface area (Å²) in [5.74, 6) is 0. The topological polar surface area (TPSA) is 23.8 Å². The second kappa shape index (κ2) is 3.67. The van der Waals surface area contributed by atoms with E-state index >= 15 is 0 Å². The highest BCUT2D eigenvalue weighted by Gasteiger charge is 2.14. The average molecular weight is 183 g/mol. The fourth-order valence-electron chi connectivity index (χ4n) is 2.08. The van der Waals surface area contributed by atoms with Gasteiger partial charge in [0, 0.05) is 5.57 Å². The number of allylic oxidation sites excluding steroid dienone is 2. The van der Waals surface area contributed by atoms with Crippen LogP contribution in [0.1, 0.15) is 30.9 Å². The maximum Gasteiger partial charge on any atom is 0.0947 e. The van der Waals surface area contributed by atoms with Crippen molar-refractivity contribution in [3.8, 4) is 6.07 Å². The Kier molecular flexibility index (Phi) is 2.37. The number of nitrogens with zero attached hydrogens (tertiary/aromatic N) is 1. The summed E-state index contributed by atoms with van der Waals surface area (Å²) in [7, 11) is 0. The molecule has 1 nitrogen and oxygen atoms in total. The van der Waals surface area contributed by atoms with Crippen molar-refractivity contribution in [1.82, 2.24) is 0 Å². The molecule has 14 heavy (non-hydrogen) atoms. The van der Waals surface area contributed by atoms with Crippen LogP contribution in [0.4, 0.5) is 0 Å². The number of fused-ring (bicyclic) bond motifs is 1. The molecule has 0 unspecified atom stereocenters. The van der Waals surface area contributed by atoms with Crippen molar-refractivity contribution in [3.63, 3.8) is 0 Å². The van der Waals surface area contributed by atoms with Crippen molar-refractivity contribution >= 4 is 5.57 Å². The molecule has 0 bridgehead atoms. The van der Waals surface area contributed by atoms with Crippen LogP contribution in [0.2, 0.25) is 0 Å². The molecule has 70 valence electrons. The van der Waals surface area contributed by atoms with Gasteiger partial charge in [-0.15, -0.1) is 0 Å². The molecule has 0 saturated heterocycles. The van der Waals surface area contributed by atoms with Gasteiger partial charge in [0.05, 0.1) is 6.07 Å². The number of benzene rings is 1. The summed E-state index contributed by atoms with van der Waals surface area (Å²) in [6, 6.07) is 10.7. The Bertz CT molecular complexity index is 421. The van der Waals surface area contributed by atoms with Crippen molar-refractivity contribution < 1.29 is 0 Å². The van der Waals surface area contributed by atoms with Crippen LogP contribution in [0.3, 0.4) is 0 Å². The van der Waals surface area contributed by atoms with E-state index in [2.05, 4.69) is 30.3 Å². The van der Waals surface area contributed by atoms with Crippen LogP contribution in [0.5, 0.6) is 0 Å². The van der Waals surface area contributed by atoms with Crippen LogP contribution in [0, 0.1) is 11.3 Å². The molecule has 0 aliphatic heterocycles. The van der Waals surface area contributed by atoms with E-state index in [1.165, 1.54) is 23.1 Å². The third-order valence-corrected chi connectivity index (χ3v) is 2.84. The van der Waals surface area contributed by atoms with E-state index < -0.39 is 0 Å². The predicted molar refractivity (Wildman–Crippen MR) is 57.6 cm³/mol. The predicted octanol–water partition coefficient (Wildman–Crippen LogP) is 3.32. The maximum atomic E-state index is 8.90. The van der Waals surface area contributed by atoms with Gasteiger partial charge in [0.15, 0.2) is 0 Å². The molecular weight excluding hydrogens is 170 g/mol. The summed E-state index contributed by atoms with van der Waals surface area (Å²) < 4.78 is 0. The van der Waals surface area contributed by atoms with E-state index in [1.807, 2.05) is 6.92 Å². The summed E-state index contributed by atoms with van der Waals surface area (Å²) in [6.07, 6.45) is 3.38. The molecule has 0 heterocycles. The summed E-state index contributed by atoms with van der Waals surface area (Å²) >= 11 is 0. The molecule has 0 fully saturated rings. The molecule has 1 aromatic rings. The lowest BCUT2D eigenvalue weighted by atomic mass is 9.85. The number of nitriles is 1. The van der Waals surface area contributed by atoms with E-state index in [-0.39, 0.29) is 0 Å². The molecule has 1 aliphatic carbocycles. The molecular formula is C13H13N. The quantitative estimate of drug-likeness (QED) is 0.566. The zero-order valence-electron chi connectivity index (χ0n) is 8.38. The third-order valence-electron chi connectivity index (χ3n) is 2.84. The van der Waals surface area contributed by atoms with Gasteiger partial charge in [0.2, 0.25) is 0 Å². The van der Waals surface area contributed by atoms with Gasteiger partial charge in [-0.25, -0.2) is 0 Å². The Morgan fingerprint density at radius 3 is 2.86 bits per heavy atom. The van der Waals surface area contributed by atoms with Gasteiger partial charge in [-0.3, -0.25) is 0 Å². The van der Waals surface area contributed by atoms with Crippen molar-refractivity contribution in [2.24, 2.45) is 0 Å². The second-order valence-electron chi connectivity index (χ2n) is 3.73. The second-order valence-corrected chi connectivity index (χ2v) is 3.73. The van der Waals surface area contributed by atoms with Crippen molar-refractivity contribution in [1.29, 1.82) is 5.26 Å². The molecule has 0 atom stereocenters. The van der Waals surface area contributed by atoms with Gasteiger partial charge >= 0.3 is 0 Å². The van der Waals surface area contributed by atoms with Crippen LogP contribution in [0.25, 0.3) is 5.57 Å². The summed E-state index contributed by atoms with van der Waals surface area (Å²) in [6.45, 7) is 1.91. The molecule has 0 aromatic heterocycles. The van der Waals surface area contributed by atoms with Crippen LogP contribution in [0.15, 0.2) is 29.8 Å². The Balaban J connectivity index is 2.58. The molecule has 0 spiro atoms. The Labute approximate surface area is 84.7 Å². The summed E-state index contributed by atoms with van der Waals surface area (Å²) in [4.78, 5) is 0. The lowest BCUT2D eigenvalue weighted by Gasteiger charge is -2.19. The van der Waals surface area contributed by atoms with Crippen LogP contribution in [-0.4, -0.2) is 0 Å². The molecule has 0 saturated carbocycles. The lowest BCUT2D eigenvalue weighted by molar-refractivity contribution is 0.819. The largest absolute Gasteiger partial charge is 0.193 e. The van der Waals surface area contributed by atoms with Gasteiger partial charge in [0.1, 0.15) is 0 Å². The van der Waals surface area contributed by atoms with Crippen LogP contribution >= 0.6 is 0 Å². The van der Waals surface area contributed by atoms with Crippen LogP contribution < -0.4 is 0 Å². The zero-order chi connectivity index (χ0) is 9.97. The number of rotatable bonds is 0. The Morgan fingerprint density at radius 1 is 1.29 bits per heavy atom. The third kappa shape index (κ3) is 1.44. The van der Waals surface area contributed by atoms with E-state index in [1.54, 1.807) is 0 Å². The summed E-state index contributed by atoms with van der Waals surface area (Å²) in [5.41, 5.74) is 4.80. The van der Waals surface area contributed by atoms with Gasteiger partial charge in [-0.05, 0) is 42.9 Å². The van der Waals surface area contributed by atoms with Gasteiger partial charge in [-0.2, -0.15) is 5.26 Å². The Hall–Kier alpha value is -1.55. The summed E-state index contributed by atoms with van der Waals surface area (Å²) in [5, 5.41) is 8.90. The van der Waals surface area contributed by atoms with Crippen LogP contribution in [-0.2, 0) is 6.42 Å². The highest BCUT2D eigenvalue weighted by atomic mass is 14.3. The normalized spacial score (nSPS) is 18.3. The van der Waals surface area contributed by atoms with E-state index in [4.69, 9.17) is 5.26 Å². The molecule has 0 amide bonds. The first-order valence-corrected chi connectivity index (χ1v) is 5.01. The highest BCUT2D eigenvalue weighted by Crippen LogP contribution is 2.32. The number of hydrogen-bond acceptors (Lipinski definition) is 1. The fraction of sp³-hybridized carbons (Fsp3) is 0.308. The van der Waals surface area contributed by atoms with Gasteiger partial charge in [0.25, 0.3) is 0 Å². The number of hydrogen-bond donors (Lipinski definition) is 0. The minimum Gasteiger partial charge on any atom is -0.193 e. The smallest absolute Gasteiger partial charge is 0.0947 e. The molecule has 1 aliphatic rings. The van der Waals surface area contributed by atoms with Gasteiger partial charge in [-0.1, -0.05) is 24.3 Å². The molecule has 1 aromatic carbocycles. The SMILES string of the molecule is C/C(C#N)=C1/CCCc2ccccc21. The standard InChI is InChI=1S/C13H13N/c1-10(9-14)12-8-4-6-11-5-2-3-7-13(11)12/h2-3,5,7H,4,6,8H2,1H3/b12-10+. The van der Waals surface area contributed by atoms with E-state index in [0.717, 1.165) is 18.4 Å². The maximum absolute atomic E-state index is 8.90. The van der Waals surface area contributed by atoms with Crippen molar-refractivity contribution in [2.75, 3.05) is 0 Å². The van der Waals surface area contributed by atoms with Gasteiger partial charge < -0.3 is 0 Å². The molecule has 2 rings (SSSR count). The fourth-order valence-corrected chi connectivity index (χ4v) is 2.08. The Morgan fingerprint density at radius 2 is 2.07 bits per heavy atom. The minimum atomic E-state index is 0.872. The first-order valence-electron chi connectivity index (χ1n) is 5.01. The molecule has 0 radical (unpaired) electrons. The first-order chi connectivity index (χ1) is 6.83. The molecule has 1 heteroatoms. The van der Waals surface area contributed by atoms with E-state index in [9.17, 15) is 0 Å². The minimum absolute atomic E-state index is 0.872. The lowest BCUT2D eigenvalue weighted by Crippen LogP contribution is -2.02.